The van der Waals surface area contributed by atoms with E-state index in [1.807, 2.05) is 21.1 Å². The molecule has 0 aromatic carbocycles. The van der Waals surface area contributed by atoms with Crippen LogP contribution in [0.25, 0.3) is 0 Å². The number of urea groups is 1. The number of likely N-dealkylation sites (N-methyl/N-ethyl adjacent to an activating group) is 1. The monoisotopic (exact) mass is 521 g/mol. The normalized spacial score (nSPS) is 13.6. The topological polar surface area (TPSA) is 82.1 Å². The molecule has 0 bridgehead atoms. The molecule has 1 atom stereocenters. The van der Waals surface area contributed by atoms with Crippen molar-refractivity contribution in [3.63, 3.8) is 0 Å². The molecule has 0 aromatic rings. The molecule has 9 heteroatoms. The van der Waals surface area contributed by atoms with E-state index in [0.717, 1.165) is 12.8 Å². The molecule has 0 saturated heterocycles. The van der Waals surface area contributed by atoms with E-state index in [4.69, 9.17) is 9.05 Å². The Morgan fingerprint density at radius 1 is 0.743 bits per heavy atom. The minimum atomic E-state index is -4.36. The largest absolute Gasteiger partial charge is 0.756 e. The second-order valence-electron chi connectivity index (χ2n) is 10.9. The molecule has 0 N–H and O–H groups in total. The van der Waals surface area contributed by atoms with Gasteiger partial charge in [-0.25, -0.2) is 4.79 Å². The molecular weight excluding hydrogens is 465 g/mol. The summed E-state index contributed by atoms with van der Waals surface area (Å²) in [4.78, 5) is 27.6. The number of rotatable bonds is 23. The predicted octanol–water partition coefficient (Wildman–Crippen LogP) is 5.66. The maximum absolute atomic E-state index is 12.5. The molecule has 210 valence electrons. The highest BCUT2D eigenvalue weighted by Gasteiger charge is 2.17. The summed E-state index contributed by atoms with van der Waals surface area (Å²) in [5.41, 5.74) is 0. The van der Waals surface area contributed by atoms with Gasteiger partial charge in [-0.3, -0.25) is 4.57 Å². The zero-order valence-electron chi connectivity index (χ0n) is 23.8. The van der Waals surface area contributed by atoms with Crippen molar-refractivity contribution in [3.05, 3.63) is 0 Å². The fourth-order valence-corrected chi connectivity index (χ4v) is 4.49. The first-order valence-electron chi connectivity index (χ1n) is 13.9. The van der Waals surface area contributed by atoms with E-state index in [0.29, 0.717) is 17.6 Å². The number of phosphoric ester groups is 1. The van der Waals surface area contributed by atoms with Gasteiger partial charge in [-0.05, 0) is 6.42 Å². The molecular formula is C26H56N3O5P. The second-order valence-corrected chi connectivity index (χ2v) is 12.3. The number of nitrogens with zero attached hydrogens (tertiary/aromatic N) is 3. The van der Waals surface area contributed by atoms with Crippen LogP contribution in [0.1, 0.15) is 96.8 Å². The van der Waals surface area contributed by atoms with Crippen molar-refractivity contribution < 1.29 is 27.8 Å². The molecule has 0 radical (unpaired) electrons. The lowest BCUT2D eigenvalue weighted by atomic mass is 10.0. The Hall–Kier alpha value is -0.660. The Bertz CT molecular complexity index is 570. The molecule has 35 heavy (non-hydrogen) atoms. The number of quaternary nitrogens is 1. The van der Waals surface area contributed by atoms with Gasteiger partial charge in [0.1, 0.15) is 13.2 Å². The van der Waals surface area contributed by atoms with Crippen LogP contribution in [0, 0.1) is 0 Å². The first kappa shape index (κ1) is 34.3. The molecule has 0 saturated carbocycles. The van der Waals surface area contributed by atoms with Crippen LogP contribution in [0.5, 0.6) is 0 Å². The fraction of sp³-hybridized carbons (Fsp3) is 0.962. The van der Waals surface area contributed by atoms with E-state index in [1.165, 1.54) is 81.9 Å². The lowest BCUT2D eigenvalue weighted by molar-refractivity contribution is -0.870. The molecule has 0 rings (SSSR count). The summed E-state index contributed by atoms with van der Waals surface area (Å²) in [5.74, 6) is 0. The van der Waals surface area contributed by atoms with Crippen LogP contribution in [0.4, 0.5) is 4.79 Å². The van der Waals surface area contributed by atoms with Crippen molar-refractivity contribution in [2.24, 2.45) is 0 Å². The van der Waals surface area contributed by atoms with Crippen LogP contribution in [-0.4, -0.2) is 88.4 Å². The van der Waals surface area contributed by atoms with E-state index in [-0.39, 0.29) is 25.8 Å². The van der Waals surface area contributed by atoms with E-state index in [9.17, 15) is 14.3 Å². The Morgan fingerprint density at radius 3 is 1.60 bits per heavy atom. The third kappa shape index (κ3) is 22.3. The van der Waals surface area contributed by atoms with Gasteiger partial charge in [0.05, 0.1) is 27.7 Å². The smallest absolute Gasteiger partial charge is 0.319 e. The standard InChI is InChI=1S/C26H56N3O5P/c1-7-8-9-10-11-12-13-14-15-16-17-18-19-20-21-28(26(30)27(2)3)22-24-33-35(31,32)34-25-23-29(4,5)6/h7-25H2,1-6H3. The van der Waals surface area contributed by atoms with Gasteiger partial charge in [0, 0.05) is 27.2 Å². The van der Waals surface area contributed by atoms with Crippen LogP contribution < -0.4 is 4.89 Å². The summed E-state index contributed by atoms with van der Waals surface area (Å²) in [7, 11) is 4.92. The Morgan fingerprint density at radius 2 is 1.17 bits per heavy atom. The molecule has 2 amide bonds. The van der Waals surface area contributed by atoms with Crippen LogP contribution in [0.3, 0.4) is 0 Å². The third-order valence-corrected chi connectivity index (χ3v) is 7.05. The summed E-state index contributed by atoms with van der Waals surface area (Å²) in [6, 6.07) is -0.130. The quantitative estimate of drug-likeness (QED) is 0.0984. The number of unbranched alkanes of at least 4 members (excludes halogenated alkanes) is 13. The number of amides is 2. The third-order valence-electron chi connectivity index (χ3n) is 6.06. The van der Waals surface area contributed by atoms with Crippen molar-refractivity contribution in [3.8, 4) is 0 Å². The molecule has 1 unspecified atom stereocenters. The average molecular weight is 522 g/mol. The van der Waals surface area contributed by atoms with Crippen LogP contribution in [0.2, 0.25) is 0 Å². The number of hydrogen-bond donors (Lipinski definition) is 0. The fourth-order valence-electron chi connectivity index (χ4n) is 3.81. The van der Waals surface area contributed by atoms with Crippen LogP contribution in [0.15, 0.2) is 0 Å². The van der Waals surface area contributed by atoms with Crippen molar-refractivity contribution in [1.29, 1.82) is 0 Å². The van der Waals surface area contributed by atoms with Gasteiger partial charge in [0.2, 0.25) is 0 Å². The highest BCUT2D eigenvalue weighted by atomic mass is 31.2. The summed E-state index contributed by atoms with van der Waals surface area (Å²) in [5, 5.41) is 0. The van der Waals surface area contributed by atoms with E-state index in [2.05, 4.69) is 6.92 Å². The van der Waals surface area contributed by atoms with Gasteiger partial charge in [-0.1, -0.05) is 90.4 Å². The molecule has 0 aliphatic rings. The summed E-state index contributed by atoms with van der Waals surface area (Å²) in [6.07, 6.45) is 18.0. The summed E-state index contributed by atoms with van der Waals surface area (Å²) >= 11 is 0. The number of carbonyl (C=O) groups is 1. The minimum absolute atomic E-state index is 0.0731. The maximum atomic E-state index is 12.5. The van der Waals surface area contributed by atoms with E-state index >= 15 is 0 Å². The first-order valence-corrected chi connectivity index (χ1v) is 15.3. The molecule has 0 aliphatic heterocycles. The number of carbonyl (C=O) groups excluding carboxylic acids is 1. The molecule has 0 aromatic heterocycles. The number of hydrogen-bond acceptors (Lipinski definition) is 5. The summed E-state index contributed by atoms with van der Waals surface area (Å²) < 4.78 is 22.5. The highest BCUT2D eigenvalue weighted by Crippen LogP contribution is 2.37. The molecule has 8 nitrogen and oxygen atoms in total. The first-order chi connectivity index (χ1) is 16.5. The van der Waals surface area contributed by atoms with Crippen molar-refractivity contribution in [2.45, 2.75) is 96.8 Å². The second kappa shape index (κ2) is 20.4. The van der Waals surface area contributed by atoms with Crippen molar-refractivity contribution in [1.82, 2.24) is 9.80 Å². The summed E-state index contributed by atoms with van der Waals surface area (Å²) in [6.45, 7) is 3.62. The lowest BCUT2D eigenvalue weighted by Crippen LogP contribution is -2.41. The van der Waals surface area contributed by atoms with E-state index < -0.39 is 7.82 Å². The molecule has 0 aliphatic carbocycles. The van der Waals surface area contributed by atoms with Gasteiger partial charge < -0.3 is 28.2 Å². The van der Waals surface area contributed by atoms with Crippen LogP contribution >= 0.6 is 7.82 Å². The van der Waals surface area contributed by atoms with Crippen LogP contribution in [-0.2, 0) is 13.6 Å². The maximum Gasteiger partial charge on any atom is 0.319 e. The predicted molar refractivity (Wildman–Crippen MR) is 143 cm³/mol. The van der Waals surface area contributed by atoms with Gasteiger partial charge >= 0.3 is 6.03 Å². The lowest BCUT2D eigenvalue weighted by Gasteiger charge is -2.29. The van der Waals surface area contributed by atoms with Gasteiger partial charge in [0.25, 0.3) is 7.82 Å². The Balaban J connectivity index is 3.98. The van der Waals surface area contributed by atoms with Crippen molar-refractivity contribution in [2.75, 3.05) is 68.1 Å². The van der Waals surface area contributed by atoms with Gasteiger partial charge in [0.15, 0.2) is 0 Å². The SMILES string of the molecule is CCCCCCCCCCCCCCCCN(CCOP(=O)([O-])OCC[N+](C)(C)C)C(=O)N(C)C. The Labute approximate surface area is 216 Å². The zero-order valence-corrected chi connectivity index (χ0v) is 24.7. The molecule has 0 spiro atoms. The van der Waals surface area contributed by atoms with E-state index in [1.54, 1.807) is 19.0 Å². The highest BCUT2D eigenvalue weighted by molar-refractivity contribution is 7.45. The number of phosphoric acid groups is 1. The van der Waals surface area contributed by atoms with Gasteiger partial charge in [-0.15, -0.1) is 0 Å². The molecule has 0 heterocycles. The average Bonchev–Trinajstić information content (AvgIpc) is 2.76. The Kier molecular flexibility index (Phi) is 20.0. The molecule has 0 fully saturated rings. The van der Waals surface area contributed by atoms with Crippen molar-refractivity contribution >= 4 is 13.9 Å². The minimum Gasteiger partial charge on any atom is -0.756 e. The zero-order chi connectivity index (χ0) is 26.6. The van der Waals surface area contributed by atoms with Gasteiger partial charge in [-0.2, -0.15) is 0 Å².